The number of rotatable bonds is 6. The Labute approximate surface area is 225 Å². The number of anilines is 1. The number of imide groups is 2. The van der Waals surface area contributed by atoms with Crippen molar-refractivity contribution in [3.05, 3.63) is 91.4 Å². The van der Waals surface area contributed by atoms with E-state index < -0.39 is 17.8 Å². The molecule has 4 rings (SSSR count). The Morgan fingerprint density at radius 2 is 1.72 bits per heavy atom. The summed E-state index contributed by atoms with van der Waals surface area (Å²) in [6, 6.07) is 15.6. The summed E-state index contributed by atoms with van der Waals surface area (Å²) in [7, 11) is 1.50. The minimum absolute atomic E-state index is 0.173. The largest absolute Gasteiger partial charge is 0.493 e. The summed E-state index contributed by atoms with van der Waals surface area (Å²) in [5.74, 6) is -0.575. The van der Waals surface area contributed by atoms with Crippen LogP contribution in [0.25, 0.3) is 6.08 Å². The van der Waals surface area contributed by atoms with Crippen molar-refractivity contribution < 1.29 is 23.9 Å². The molecule has 3 aromatic rings. The van der Waals surface area contributed by atoms with Gasteiger partial charge in [-0.1, -0.05) is 40.2 Å². The van der Waals surface area contributed by atoms with Crippen LogP contribution in [0.15, 0.2) is 69.1 Å². The van der Waals surface area contributed by atoms with Gasteiger partial charge in [0.1, 0.15) is 12.2 Å². The van der Waals surface area contributed by atoms with Crippen LogP contribution in [0.5, 0.6) is 11.5 Å². The highest BCUT2D eigenvalue weighted by Gasteiger charge is 2.37. The van der Waals surface area contributed by atoms with E-state index in [-0.39, 0.29) is 5.57 Å². The second kappa shape index (κ2) is 10.7. The number of benzene rings is 3. The molecule has 36 heavy (non-hydrogen) atoms. The van der Waals surface area contributed by atoms with E-state index in [0.29, 0.717) is 33.8 Å². The fourth-order valence-electron chi connectivity index (χ4n) is 3.72. The predicted octanol–water partition coefficient (Wildman–Crippen LogP) is 6.08. The van der Waals surface area contributed by atoms with Crippen molar-refractivity contribution in [1.29, 1.82) is 0 Å². The highest BCUT2D eigenvalue weighted by Crippen LogP contribution is 2.38. The van der Waals surface area contributed by atoms with E-state index in [9.17, 15) is 14.4 Å². The van der Waals surface area contributed by atoms with Crippen LogP contribution >= 0.6 is 31.9 Å². The second-order valence-electron chi connectivity index (χ2n) is 8.13. The third-order valence-corrected chi connectivity index (χ3v) is 6.90. The normalized spacial score (nSPS) is 14.8. The van der Waals surface area contributed by atoms with Crippen LogP contribution in [0.2, 0.25) is 0 Å². The zero-order valence-electron chi connectivity index (χ0n) is 19.7. The van der Waals surface area contributed by atoms with Crippen molar-refractivity contribution in [3.63, 3.8) is 0 Å². The number of amides is 4. The van der Waals surface area contributed by atoms with E-state index in [1.54, 1.807) is 24.3 Å². The van der Waals surface area contributed by atoms with Gasteiger partial charge in [0, 0.05) is 4.47 Å². The summed E-state index contributed by atoms with van der Waals surface area (Å²) < 4.78 is 13.0. The molecule has 0 bridgehead atoms. The van der Waals surface area contributed by atoms with E-state index in [1.165, 1.54) is 13.2 Å². The molecule has 4 amide bonds. The van der Waals surface area contributed by atoms with Crippen molar-refractivity contribution in [2.24, 2.45) is 0 Å². The van der Waals surface area contributed by atoms with Gasteiger partial charge in [-0.3, -0.25) is 14.9 Å². The maximum atomic E-state index is 13.3. The van der Waals surface area contributed by atoms with E-state index in [1.807, 2.05) is 44.2 Å². The SMILES string of the molecule is COc1cc(/C=C2\C(=O)NC(=O)N(c3cccc(C)c3C)C2=O)cc(Br)c1OCc1ccc(Br)cc1. The molecule has 1 aliphatic heterocycles. The smallest absolute Gasteiger partial charge is 0.335 e. The van der Waals surface area contributed by atoms with Gasteiger partial charge in [-0.25, -0.2) is 9.69 Å². The molecule has 0 spiro atoms. The number of nitrogens with zero attached hydrogens (tertiary/aromatic N) is 1. The number of barbiturate groups is 1. The van der Waals surface area contributed by atoms with Gasteiger partial charge >= 0.3 is 6.03 Å². The number of methoxy groups -OCH3 is 1. The molecule has 7 nitrogen and oxygen atoms in total. The van der Waals surface area contributed by atoms with Gasteiger partial charge in [0.05, 0.1) is 17.3 Å². The molecule has 1 fully saturated rings. The van der Waals surface area contributed by atoms with E-state index in [4.69, 9.17) is 9.47 Å². The second-order valence-corrected chi connectivity index (χ2v) is 9.90. The van der Waals surface area contributed by atoms with E-state index in [0.717, 1.165) is 26.1 Å². The number of hydrogen-bond acceptors (Lipinski definition) is 5. The molecule has 0 atom stereocenters. The zero-order chi connectivity index (χ0) is 26.0. The summed E-state index contributed by atoms with van der Waals surface area (Å²) in [6.07, 6.45) is 1.42. The van der Waals surface area contributed by atoms with Crippen LogP contribution < -0.4 is 19.7 Å². The monoisotopic (exact) mass is 612 g/mol. The molecule has 0 aliphatic carbocycles. The number of urea groups is 1. The van der Waals surface area contributed by atoms with E-state index in [2.05, 4.69) is 37.2 Å². The Morgan fingerprint density at radius 3 is 2.42 bits per heavy atom. The summed E-state index contributed by atoms with van der Waals surface area (Å²) in [5, 5.41) is 2.26. The van der Waals surface area contributed by atoms with Crippen molar-refractivity contribution in [3.8, 4) is 11.5 Å². The molecule has 1 N–H and O–H groups in total. The summed E-state index contributed by atoms with van der Waals surface area (Å²) in [5.41, 5.74) is 3.43. The number of carbonyl (C=O) groups is 3. The van der Waals surface area contributed by atoms with Crippen LogP contribution in [0.1, 0.15) is 22.3 Å². The Bertz CT molecular complexity index is 1400. The molecule has 1 heterocycles. The van der Waals surface area contributed by atoms with Crippen molar-refractivity contribution in [2.45, 2.75) is 20.5 Å². The Kier molecular flexibility index (Phi) is 7.61. The van der Waals surface area contributed by atoms with E-state index >= 15 is 0 Å². The molecular weight excluding hydrogens is 592 g/mol. The summed E-state index contributed by atoms with van der Waals surface area (Å²) in [4.78, 5) is 39.5. The number of aryl methyl sites for hydroxylation is 1. The quantitative estimate of drug-likeness (QED) is 0.269. The lowest BCUT2D eigenvalue weighted by Gasteiger charge is -2.28. The van der Waals surface area contributed by atoms with Gasteiger partial charge in [-0.15, -0.1) is 0 Å². The molecule has 1 aliphatic rings. The lowest BCUT2D eigenvalue weighted by atomic mass is 10.0. The predicted molar refractivity (Wildman–Crippen MR) is 144 cm³/mol. The van der Waals surface area contributed by atoms with Crippen LogP contribution in [0.4, 0.5) is 10.5 Å². The first-order valence-electron chi connectivity index (χ1n) is 10.9. The van der Waals surface area contributed by atoms with Gasteiger partial charge in [-0.05, 0) is 88.4 Å². The summed E-state index contributed by atoms with van der Waals surface area (Å²) in [6.45, 7) is 4.02. The fraction of sp³-hybridized carbons (Fsp3) is 0.148. The van der Waals surface area contributed by atoms with Crippen molar-refractivity contribution in [1.82, 2.24) is 5.32 Å². The molecule has 184 valence electrons. The van der Waals surface area contributed by atoms with Crippen LogP contribution in [0.3, 0.4) is 0 Å². The number of nitrogens with one attached hydrogen (secondary N) is 1. The molecule has 9 heteroatoms. The van der Waals surface area contributed by atoms with Gasteiger partial charge in [0.25, 0.3) is 11.8 Å². The average molecular weight is 614 g/mol. The number of halogens is 2. The topological polar surface area (TPSA) is 84.9 Å². The maximum Gasteiger partial charge on any atom is 0.335 e. The third kappa shape index (κ3) is 5.22. The Hall–Kier alpha value is -3.43. The fourth-order valence-corrected chi connectivity index (χ4v) is 4.56. The van der Waals surface area contributed by atoms with Crippen molar-refractivity contribution in [2.75, 3.05) is 12.0 Å². The molecule has 0 saturated carbocycles. The first kappa shape index (κ1) is 25.7. The first-order chi connectivity index (χ1) is 17.2. The lowest BCUT2D eigenvalue weighted by Crippen LogP contribution is -2.54. The molecule has 0 radical (unpaired) electrons. The van der Waals surface area contributed by atoms with Gasteiger partial charge in [0.15, 0.2) is 11.5 Å². The molecule has 1 saturated heterocycles. The molecule has 0 aromatic heterocycles. The Morgan fingerprint density at radius 1 is 1.00 bits per heavy atom. The highest BCUT2D eigenvalue weighted by molar-refractivity contribution is 9.10. The summed E-state index contributed by atoms with van der Waals surface area (Å²) >= 11 is 6.91. The lowest BCUT2D eigenvalue weighted by molar-refractivity contribution is -0.122. The minimum atomic E-state index is -0.786. The zero-order valence-corrected chi connectivity index (χ0v) is 22.9. The maximum absolute atomic E-state index is 13.3. The number of ether oxygens (including phenoxy) is 2. The number of hydrogen-bond donors (Lipinski definition) is 1. The standard InChI is InChI=1S/C27H22Br2N2O5/c1-15-5-4-6-22(16(15)2)31-26(33)20(25(32)30-27(31)34)11-18-12-21(29)24(23(13-18)35-3)36-14-17-7-9-19(28)10-8-17/h4-13H,14H2,1-3H3,(H,30,32,34)/b20-11+. The molecule has 3 aromatic carbocycles. The van der Waals surface area contributed by atoms with Gasteiger partial charge < -0.3 is 9.47 Å². The number of carbonyl (C=O) groups excluding carboxylic acids is 3. The van der Waals surface area contributed by atoms with Crippen LogP contribution in [0, 0.1) is 13.8 Å². The van der Waals surface area contributed by atoms with Crippen LogP contribution in [-0.4, -0.2) is 25.0 Å². The average Bonchev–Trinajstić information content (AvgIpc) is 2.84. The van der Waals surface area contributed by atoms with Crippen molar-refractivity contribution >= 4 is 61.5 Å². The first-order valence-corrected chi connectivity index (χ1v) is 12.5. The molecule has 0 unspecified atom stereocenters. The molecular formula is C27H22Br2N2O5. The Balaban J connectivity index is 1.66. The van der Waals surface area contributed by atoms with Gasteiger partial charge in [-0.2, -0.15) is 0 Å². The minimum Gasteiger partial charge on any atom is -0.493 e. The highest BCUT2D eigenvalue weighted by atomic mass is 79.9. The van der Waals surface area contributed by atoms with Crippen LogP contribution in [-0.2, 0) is 16.2 Å². The van der Waals surface area contributed by atoms with Gasteiger partial charge in [0.2, 0.25) is 0 Å². The third-order valence-electron chi connectivity index (χ3n) is 5.78.